The molecular weight excluding hydrogens is 236 g/mol. The highest BCUT2D eigenvalue weighted by molar-refractivity contribution is 8.13. The number of aromatic nitrogens is 2. The first kappa shape index (κ1) is 10.4. The molecule has 80 valence electrons. The van der Waals surface area contributed by atoms with Crippen molar-refractivity contribution in [3.63, 3.8) is 0 Å². The van der Waals surface area contributed by atoms with E-state index in [9.17, 15) is 8.42 Å². The fraction of sp³-hybridized carbons (Fsp3) is 0.222. The van der Waals surface area contributed by atoms with Crippen molar-refractivity contribution in [2.45, 2.75) is 11.8 Å². The molecule has 2 aromatic rings. The van der Waals surface area contributed by atoms with Crippen molar-refractivity contribution in [3.8, 4) is 0 Å². The number of fused-ring (bicyclic) bond motifs is 1. The van der Waals surface area contributed by atoms with Crippen molar-refractivity contribution in [2.75, 3.05) is 0 Å². The zero-order valence-electron chi connectivity index (χ0n) is 8.23. The minimum Gasteiger partial charge on any atom is -0.331 e. The smallest absolute Gasteiger partial charge is 0.261 e. The number of halogens is 1. The summed E-state index contributed by atoms with van der Waals surface area (Å²) in [4.78, 5) is 4.31. The van der Waals surface area contributed by atoms with Crippen molar-refractivity contribution in [2.24, 2.45) is 7.05 Å². The lowest BCUT2D eigenvalue weighted by Gasteiger charge is -1.97. The highest BCUT2D eigenvalue weighted by atomic mass is 35.7. The van der Waals surface area contributed by atoms with Crippen LogP contribution in [0.4, 0.5) is 0 Å². The SMILES string of the molecule is Cc1nc2cc(S(=O)(=O)Cl)ccc2n1C. The molecule has 1 aromatic carbocycles. The van der Waals surface area contributed by atoms with E-state index in [2.05, 4.69) is 4.98 Å². The summed E-state index contributed by atoms with van der Waals surface area (Å²) in [5, 5.41) is 0. The van der Waals surface area contributed by atoms with Crippen LogP contribution in [0.2, 0.25) is 0 Å². The second kappa shape index (κ2) is 3.21. The fourth-order valence-corrected chi connectivity index (χ4v) is 2.22. The Labute approximate surface area is 91.9 Å². The van der Waals surface area contributed by atoms with E-state index < -0.39 is 9.05 Å². The number of rotatable bonds is 1. The molecule has 15 heavy (non-hydrogen) atoms. The van der Waals surface area contributed by atoms with Gasteiger partial charge >= 0.3 is 0 Å². The van der Waals surface area contributed by atoms with Crippen LogP contribution in [0.15, 0.2) is 23.1 Å². The number of hydrogen-bond donors (Lipinski definition) is 0. The Balaban J connectivity index is 2.78. The molecule has 1 heterocycles. The number of nitrogens with zero attached hydrogens (tertiary/aromatic N) is 2. The Kier molecular flexibility index (Phi) is 2.24. The third-order valence-corrected chi connectivity index (χ3v) is 3.71. The summed E-state index contributed by atoms with van der Waals surface area (Å²) in [7, 11) is 3.44. The molecule has 1 aromatic heterocycles. The molecule has 0 amide bonds. The highest BCUT2D eigenvalue weighted by Crippen LogP contribution is 2.21. The standard InChI is InChI=1S/C9H9ClN2O2S/c1-6-11-8-5-7(15(10,13)14)3-4-9(8)12(6)2/h3-5H,1-2H3. The van der Waals surface area contributed by atoms with Crippen molar-refractivity contribution in [1.29, 1.82) is 0 Å². The third-order valence-electron chi connectivity index (χ3n) is 2.36. The van der Waals surface area contributed by atoms with Gasteiger partial charge in [0.15, 0.2) is 0 Å². The van der Waals surface area contributed by atoms with E-state index in [1.54, 1.807) is 6.07 Å². The van der Waals surface area contributed by atoms with Crippen LogP contribution in [-0.4, -0.2) is 18.0 Å². The first-order valence-corrected chi connectivity index (χ1v) is 6.58. The Morgan fingerprint density at radius 3 is 2.67 bits per heavy atom. The van der Waals surface area contributed by atoms with Gasteiger partial charge in [-0.3, -0.25) is 0 Å². The quantitative estimate of drug-likeness (QED) is 0.719. The Bertz CT molecular complexity index is 631. The molecule has 0 atom stereocenters. The number of benzene rings is 1. The predicted molar refractivity (Wildman–Crippen MR) is 58.5 cm³/mol. The van der Waals surface area contributed by atoms with E-state index in [0.717, 1.165) is 11.3 Å². The molecule has 4 nitrogen and oxygen atoms in total. The maximum absolute atomic E-state index is 11.1. The molecule has 0 radical (unpaired) electrons. The van der Waals surface area contributed by atoms with E-state index in [1.165, 1.54) is 12.1 Å². The lowest BCUT2D eigenvalue weighted by Crippen LogP contribution is -1.91. The topological polar surface area (TPSA) is 52.0 Å². The molecule has 0 aliphatic heterocycles. The molecule has 0 saturated heterocycles. The molecular formula is C9H9ClN2O2S. The first-order valence-electron chi connectivity index (χ1n) is 4.27. The van der Waals surface area contributed by atoms with Gasteiger partial charge in [-0.15, -0.1) is 0 Å². The number of aryl methyl sites for hydroxylation is 2. The van der Waals surface area contributed by atoms with Crippen LogP contribution >= 0.6 is 10.7 Å². The summed E-state index contributed by atoms with van der Waals surface area (Å²) in [6, 6.07) is 4.65. The Hall–Kier alpha value is -1.07. The molecule has 0 unspecified atom stereocenters. The van der Waals surface area contributed by atoms with Crippen molar-refractivity contribution < 1.29 is 8.42 Å². The zero-order valence-corrected chi connectivity index (χ0v) is 9.80. The van der Waals surface area contributed by atoms with Crippen molar-refractivity contribution in [1.82, 2.24) is 9.55 Å². The van der Waals surface area contributed by atoms with E-state index in [0.29, 0.717) is 5.52 Å². The minimum absolute atomic E-state index is 0.0785. The summed E-state index contributed by atoms with van der Waals surface area (Å²) in [6.45, 7) is 1.86. The molecule has 2 rings (SSSR count). The predicted octanol–water partition coefficient (Wildman–Crippen LogP) is 1.81. The lowest BCUT2D eigenvalue weighted by atomic mass is 10.3. The fourth-order valence-electron chi connectivity index (χ4n) is 1.45. The largest absolute Gasteiger partial charge is 0.331 e. The van der Waals surface area contributed by atoms with E-state index in [1.807, 2.05) is 18.5 Å². The summed E-state index contributed by atoms with van der Waals surface area (Å²) in [5.74, 6) is 0.828. The van der Waals surface area contributed by atoms with Crippen molar-refractivity contribution >= 4 is 30.8 Å². The summed E-state index contributed by atoms with van der Waals surface area (Å²) in [6.07, 6.45) is 0. The van der Waals surface area contributed by atoms with Crippen LogP contribution in [0.25, 0.3) is 11.0 Å². The van der Waals surface area contributed by atoms with Gasteiger partial charge in [0.2, 0.25) is 0 Å². The van der Waals surface area contributed by atoms with Gasteiger partial charge < -0.3 is 4.57 Å². The Morgan fingerprint density at radius 1 is 1.40 bits per heavy atom. The number of hydrogen-bond acceptors (Lipinski definition) is 3. The van der Waals surface area contributed by atoms with E-state index in [4.69, 9.17) is 10.7 Å². The molecule has 0 N–H and O–H groups in total. The molecule has 0 aliphatic carbocycles. The van der Waals surface area contributed by atoms with Gasteiger partial charge in [-0.25, -0.2) is 13.4 Å². The second-order valence-corrected chi connectivity index (χ2v) is 5.87. The molecule has 0 saturated carbocycles. The normalized spacial score (nSPS) is 12.2. The molecule has 0 fully saturated rings. The summed E-state index contributed by atoms with van der Waals surface area (Å²) >= 11 is 0. The first-order chi connectivity index (χ1) is 6.89. The van der Waals surface area contributed by atoms with Crippen LogP contribution in [0, 0.1) is 6.92 Å². The lowest BCUT2D eigenvalue weighted by molar-refractivity contribution is 0.609. The molecule has 0 spiro atoms. The zero-order chi connectivity index (χ0) is 11.2. The summed E-state index contributed by atoms with van der Waals surface area (Å²) in [5.41, 5.74) is 1.52. The van der Waals surface area contributed by atoms with Gasteiger partial charge in [-0.1, -0.05) is 0 Å². The average Bonchev–Trinajstić information content (AvgIpc) is 2.41. The molecule has 0 bridgehead atoms. The van der Waals surface area contributed by atoms with Crippen molar-refractivity contribution in [3.05, 3.63) is 24.0 Å². The second-order valence-electron chi connectivity index (χ2n) is 3.31. The van der Waals surface area contributed by atoms with Crippen LogP contribution < -0.4 is 0 Å². The van der Waals surface area contributed by atoms with Gasteiger partial charge in [0, 0.05) is 17.7 Å². The molecule has 6 heteroatoms. The third kappa shape index (κ3) is 1.72. The van der Waals surface area contributed by atoms with Crippen LogP contribution in [0.5, 0.6) is 0 Å². The number of imidazole rings is 1. The van der Waals surface area contributed by atoms with Crippen LogP contribution in [0.1, 0.15) is 5.82 Å². The minimum atomic E-state index is -3.67. The van der Waals surface area contributed by atoms with Gasteiger partial charge in [0.25, 0.3) is 9.05 Å². The van der Waals surface area contributed by atoms with Crippen LogP contribution in [-0.2, 0) is 16.1 Å². The average molecular weight is 245 g/mol. The van der Waals surface area contributed by atoms with Gasteiger partial charge in [0.05, 0.1) is 15.9 Å². The van der Waals surface area contributed by atoms with Crippen LogP contribution in [0.3, 0.4) is 0 Å². The maximum Gasteiger partial charge on any atom is 0.261 e. The summed E-state index contributed by atoms with van der Waals surface area (Å²) < 4.78 is 24.1. The van der Waals surface area contributed by atoms with E-state index in [-0.39, 0.29) is 4.90 Å². The Morgan fingerprint density at radius 2 is 2.07 bits per heavy atom. The van der Waals surface area contributed by atoms with Gasteiger partial charge in [0.1, 0.15) is 5.82 Å². The van der Waals surface area contributed by atoms with Gasteiger partial charge in [-0.2, -0.15) is 0 Å². The van der Waals surface area contributed by atoms with Gasteiger partial charge in [-0.05, 0) is 25.1 Å². The highest BCUT2D eigenvalue weighted by Gasteiger charge is 2.12. The maximum atomic E-state index is 11.1. The van der Waals surface area contributed by atoms with E-state index >= 15 is 0 Å². The monoisotopic (exact) mass is 244 g/mol. The molecule has 0 aliphatic rings.